The van der Waals surface area contributed by atoms with E-state index >= 15 is 0 Å². The second kappa shape index (κ2) is 5.19. The summed E-state index contributed by atoms with van der Waals surface area (Å²) in [5.74, 6) is 4.43. The van der Waals surface area contributed by atoms with E-state index in [9.17, 15) is 0 Å². The van der Waals surface area contributed by atoms with Gasteiger partial charge in [-0.15, -0.1) is 9.32 Å². The zero-order chi connectivity index (χ0) is 4.83. The van der Waals surface area contributed by atoms with E-state index in [1.54, 1.807) is 7.05 Å². The zero-order valence-electron chi connectivity index (χ0n) is 3.30. The van der Waals surface area contributed by atoms with Crippen molar-refractivity contribution >= 4 is 12.2 Å². The zero-order valence-corrected chi connectivity index (χ0v) is 4.12. The molecule has 0 unspecified atom stereocenters. The highest BCUT2D eigenvalue weighted by atomic mass is 32.2. The lowest BCUT2D eigenvalue weighted by atomic mass is 11.6. The molecule has 38 valence electrons. The molecule has 0 rings (SSSR count). The molecule has 0 spiro atoms. The number of hydrogen-bond donors (Lipinski definition) is 2. The fourth-order valence-corrected chi connectivity index (χ4v) is 0.161. The Bertz CT molecular complexity index is 23.5. The minimum absolute atomic E-state index is 0.911. The van der Waals surface area contributed by atoms with Gasteiger partial charge in [0.25, 0.3) is 0 Å². The van der Waals surface area contributed by atoms with Crippen LogP contribution in [0.15, 0.2) is 0 Å². The lowest BCUT2D eigenvalue weighted by molar-refractivity contribution is -0.196. The molecule has 4 nitrogen and oxygen atoms in total. The first-order chi connectivity index (χ1) is 2.91. The number of nitrogens with one attached hydrogen (secondary N) is 1. The van der Waals surface area contributed by atoms with Crippen molar-refractivity contribution in [2.24, 2.45) is 5.90 Å². The molecule has 0 aliphatic heterocycles. The summed E-state index contributed by atoms with van der Waals surface area (Å²) in [6, 6.07) is 0. The van der Waals surface area contributed by atoms with Crippen LogP contribution in [0.2, 0.25) is 0 Å². The first kappa shape index (κ1) is 6.19. The Morgan fingerprint density at radius 2 is 2.50 bits per heavy atom. The smallest absolute Gasteiger partial charge is 0.119 e. The van der Waals surface area contributed by atoms with Crippen molar-refractivity contribution in [2.45, 2.75) is 0 Å². The molecule has 0 aromatic heterocycles. The van der Waals surface area contributed by atoms with Gasteiger partial charge in [-0.3, -0.25) is 0 Å². The highest BCUT2D eigenvalue weighted by molar-refractivity contribution is 7.92. The lowest BCUT2D eigenvalue weighted by Gasteiger charge is -1.89. The highest BCUT2D eigenvalue weighted by Gasteiger charge is 1.73. The maximum atomic E-state index is 4.43. The van der Waals surface area contributed by atoms with E-state index in [0.29, 0.717) is 0 Å². The molecule has 0 amide bonds. The molecule has 5 heteroatoms. The third-order valence-electron chi connectivity index (χ3n) is 0.157. The van der Waals surface area contributed by atoms with E-state index in [1.807, 2.05) is 0 Å². The summed E-state index contributed by atoms with van der Waals surface area (Å²) >= 11 is 0.911. The average Bonchev–Trinajstić information content (AvgIpc) is 1.61. The maximum Gasteiger partial charge on any atom is 0.119 e. The number of hydrogen-bond acceptors (Lipinski definition) is 5. The Hall–Kier alpha value is 0.190. The van der Waals surface area contributed by atoms with Crippen molar-refractivity contribution in [3.8, 4) is 0 Å². The maximum absolute atomic E-state index is 4.43. The van der Waals surface area contributed by atoms with Gasteiger partial charge in [-0.1, -0.05) is 0 Å². The minimum Gasteiger partial charge on any atom is -0.241 e. The quantitative estimate of drug-likeness (QED) is 0.170. The lowest BCUT2D eigenvalue weighted by Crippen LogP contribution is -1.99. The fraction of sp³-hybridized carbons (Fsp3) is 1.00. The first-order valence-electron chi connectivity index (χ1n) is 1.27. The normalized spacial score (nSPS) is 9.00. The summed E-state index contributed by atoms with van der Waals surface area (Å²) < 4.78 is 6.62. The molecule has 0 heterocycles. The summed E-state index contributed by atoms with van der Waals surface area (Å²) in [6.45, 7) is 0. The predicted octanol–water partition coefficient (Wildman–Crippen LogP) is -0.409. The Morgan fingerprint density at radius 1 is 1.83 bits per heavy atom. The standard InChI is InChI=1S/CH6N2O2S/c1-3-6-5-4-2/h3H,2H2,1H3. The summed E-state index contributed by atoms with van der Waals surface area (Å²) in [4.78, 5) is 3.68. The van der Waals surface area contributed by atoms with Crippen molar-refractivity contribution in [1.29, 1.82) is 0 Å². The van der Waals surface area contributed by atoms with Crippen LogP contribution in [-0.2, 0) is 9.32 Å². The van der Waals surface area contributed by atoms with Crippen LogP contribution in [-0.4, -0.2) is 7.05 Å². The molecule has 0 aliphatic rings. The molecular weight excluding hydrogens is 104 g/mol. The second-order valence-corrected chi connectivity index (χ2v) is 1.16. The van der Waals surface area contributed by atoms with Crippen molar-refractivity contribution in [3.05, 3.63) is 0 Å². The predicted molar refractivity (Wildman–Crippen MR) is 23.0 cm³/mol. The van der Waals surface area contributed by atoms with Gasteiger partial charge in [-0.25, -0.2) is 4.72 Å². The highest BCUT2D eigenvalue weighted by Crippen LogP contribution is 1.88. The van der Waals surface area contributed by atoms with Crippen LogP contribution < -0.4 is 10.6 Å². The Kier molecular flexibility index (Phi) is 5.35. The van der Waals surface area contributed by atoms with Crippen molar-refractivity contribution in [1.82, 2.24) is 4.72 Å². The van der Waals surface area contributed by atoms with Gasteiger partial charge in [-0.2, -0.15) is 5.90 Å². The van der Waals surface area contributed by atoms with Gasteiger partial charge in [0.1, 0.15) is 12.2 Å². The first-order valence-corrected chi connectivity index (χ1v) is 2.01. The third kappa shape index (κ3) is 4.19. The van der Waals surface area contributed by atoms with Gasteiger partial charge >= 0.3 is 0 Å². The average molecular weight is 110 g/mol. The largest absolute Gasteiger partial charge is 0.241 e. The van der Waals surface area contributed by atoms with Crippen LogP contribution >= 0.6 is 12.2 Å². The topological polar surface area (TPSA) is 56.5 Å². The molecule has 0 saturated heterocycles. The Labute approximate surface area is 40.2 Å². The van der Waals surface area contributed by atoms with Gasteiger partial charge < -0.3 is 0 Å². The third-order valence-corrected chi connectivity index (χ3v) is 0.470. The number of rotatable bonds is 3. The van der Waals surface area contributed by atoms with Crippen LogP contribution in [0.4, 0.5) is 0 Å². The van der Waals surface area contributed by atoms with Gasteiger partial charge in [0.2, 0.25) is 0 Å². The Morgan fingerprint density at radius 3 is 2.67 bits per heavy atom. The van der Waals surface area contributed by atoms with Gasteiger partial charge in [0.05, 0.1) is 0 Å². The van der Waals surface area contributed by atoms with Gasteiger partial charge in [0.15, 0.2) is 0 Å². The molecule has 0 atom stereocenters. The van der Waals surface area contributed by atoms with Crippen molar-refractivity contribution in [3.63, 3.8) is 0 Å². The second-order valence-electron chi connectivity index (χ2n) is 0.452. The van der Waals surface area contributed by atoms with E-state index < -0.39 is 0 Å². The van der Waals surface area contributed by atoms with E-state index in [-0.39, 0.29) is 0 Å². The Balaban J connectivity index is 2.34. The van der Waals surface area contributed by atoms with Crippen LogP contribution in [0.25, 0.3) is 0 Å². The molecule has 0 aromatic rings. The molecule has 6 heavy (non-hydrogen) atoms. The van der Waals surface area contributed by atoms with Crippen LogP contribution in [0.5, 0.6) is 0 Å². The molecule has 0 saturated carbocycles. The summed E-state index contributed by atoms with van der Waals surface area (Å²) in [5.41, 5.74) is 0. The van der Waals surface area contributed by atoms with E-state index in [1.165, 1.54) is 0 Å². The van der Waals surface area contributed by atoms with Crippen LogP contribution in [0.1, 0.15) is 0 Å². The van der Waals surface area contributed by atoms with Gasteiger partial charge in [0, 0.05) is 0 Å². The molecule has 0 bridgehead atoms. The van der Waals surface area contributed by atoms with Crippen molar-refractivity contribution in [2.75, 3.05) is 7.05 Å². The van der Waals surface area contributed by atoms with Gasteiger partial charge in [-0.05, 0) is 7.05 Å². The fourth-order valence-electron chi connectivity index (χ4n) is 0.0537. The molecule has 0 aliphatic carbocycles. The summed E-state index contributed by atoms with van der Waals surface area (Å²) in [5, 5.41) is 0. The summed E-state index contributed by atoms with van der Waals surface area (Å²) in [6.07, 6.45) is 0. The molecule has 0 fully saturated rings. The van der Waals surface area contributed by atoms with E-state index in [2.05, 4.69) is 19.9 Å². The molecular formula is CH6N2O2S. The molecule has 0 radical (unpaired) electrons. The molecule has 0 aromatic carbocycles. The minimum atomic E-state index is 0.911. The van der Waals surface area contributed by atoms with Crippen LogP contribution in [0, 0.1) is 0 Å². The number of nitrogens with two attached hydrogens (primary N) is 1. The van der Waals surface area contributed by atoms with E-state index in [4.69, 9.17) is 0 Å². The summed E-state index contributed by atoms with van der Waals surface area (Å²) in [7, 11) is 1.68. The van der Waals surface area contributed by atoms with E-state index in [0.717, 1.165) is 12.2 Å². The van der Waals surface area contributed by atoms with Crippen LogP contribution in [0.3, 0.4) is 0 Å². The monoisotopic (exact) mass is 110 g/mol. The molecule has 3 N–H and O–H groups in total. The SMILES string of the molecule is CNSOON. The van der Waals surface area contributed by atoms with Crippen molar-refractivity contribution < 1.29 is 9.32 Å².